The molecule has 0 bridgehead atoms. The number of halogens is 1. The zero-order valence-corrected chi connectivity index (χ0v) is 18.1. The lowest BCUT2D eigenvalue weighted by Crippen LogP contribution is -2.31. The standard InChI is InChI=1S/C24H22FN7O2/c1-15(25)5-3-2-4-12-32(27)22(16-8-10-28-11-9-16)21(26)24-30-23(31-34-24)17-6-7-19-18(13-17)14-20(33)29-19/h2-11,13H,1,12,14,26-27H2,(H,29,33)/b4-2-,5-3-,22-21-. The van der Waals surface area contributed by atoms with Crippen molar-refractivity contribution in [2.75, 3.05) is 11.9 Å². The van der Waals surface area contributed by atoms with Gasteiger partial charge in [-0.25, -0.2) is 10.2 Å². The molecule has 5 N–H and O–H groups in total. The van der Waals surface area contributed by atoms with E-state index in [0.717, 1.165) is 11.3 Å². The van der Waals surface area contributed by atoms with Gasteiger partial charge in [-0.2, -0.15) is 4.98 Å². The summed E-state index contributed by atoms with van der Waals surface area (Å²) in [7, 11) is 0. The summed E-state index contributed by atoms with van der Waals surface area (Å²) in [5.41, 5.74) is 10.1. The lowest BCUT2D eigenvalue weighted by atomic mass is 10.1. The molecule has 0 saturated heterocycles. The van der Waals surface area contributed by atoms with Crippen LogP contribution in [0.25, 0.3) is 22.8 Å². The average molecular weight is 459 g/mol. The number of nitrogens with one attached hydrogen (secondary N) is 1. The third kappa shape index (κ3) is 5.08. The fourth-order valence-electron chi connectivity index (χ4n) is 3.41. The molecule has 1 aromatic carbocycles. The summed E-state index contributed by atoms with van der Waals surface area (Å²) in [6.07, 6.45) is 9.64. The number of hydrazine groups is 1. The summed E-state index contributed by atoms with van der Waals surface area (Å²) in [6, 6.07) is 8.93. The highest BCUT2D eigenvalue weighted by Gasteiger charge is 2.21. The highest BCUT2D eigenvalue weighted by atomic mass is 19.1. The number of nitrogens with zero attached hydrogens (tertiary/aromatic N) is 4. The normalized spacial score (nSPS) is 13.8. The van der Waals surface area contributed by atoms with Crippen molar-refractivity contribution in [3.63, 3.8) is 0 Å². The number of anilines is 1. The molecule has 0 aliphatic carbocycles. The zero-order valence-electron chi connectivity index (χ0n) is 18.1. The third-order valence-corrected chi connectivity index (χ3v) is 4.97. The van der Waals surface area contributed by atoms with Crippen molar-refractivity contribution in [2.45, 2.75) is 6.42 Å². The smallest absolute Gasteiger partial charge is 0.276 e. The monoisotopic (exact) mass is 459 g/mol. The van der Waals surface area contributed by atoms with Crippen LogP contribution in [0.4, 0.5) is 10.1 Å². The van der Waals surface area contributed by atoms with E-state index < -0.39 is 5.83 Å². The minimum atomic E-state index is -0.547. The van der Waals surface area contributed by atoms with E-state index in [-0.39, 0.29) is 24.0 Å². The van der Waals surface area contributed by atoms with Crippen molar-refractivity contribution in [3.8, 4) is 11.4 Å². The maximum Gasteiger partial charge on any atom is 0.276 e. The van der Waals surface area contributed by atoms with Crippen LogP contribution in [-0.4, -0.2) is 32.6 Å². The third-order valence-electron chi connectivity index (χ3n) is 4.97. The van der Waals surface area contributed by atoms with Crippen LogP contribution in [0.3, 0.4) is 0 Å². The molecular weight excluding hydrogens is 437 g/mol. The minimum Gasteiger partial charge on any atom is -0.392 e. The molecule has 34 heavy (non-hydrogen) atoms. The topological polar surface area (TPSA) is 136 Å². The molecule has 4 rings (SSSR count). The average Bonchev–Trinajstić information content (AvgIpc) is 3.45. The van der Waals surface area contributed by atoms with Gasteiger partial charge in [0.15, 0.2) is 0 Å². The fourth-order valence-corrected chi connectivity index (χ4v) is 3.41. The van der Waals surface area contributed by atoms with E-state index >= 15 is 0 Å². The quantitative estimate of drug-likeness (QED) is 0.265. The summed E-state index contributed by atoms with van der Waals surface area (Å²) < 4.78 is 18.2. The summed E-state index contributed by atoms with van der Waals surface area (Å²) in [5, 5.41) is 8.25. The number of aromatic nitrogens is 3. The van der Waals surface area contributed by atoms with Gasteiger partial charge < -0.3 is 20.6 Å². The molecular formula is C24H22FN7O2. The van der Waals surface area contributed by atoms with Crippen LogP contribution >= 0.6 is 0 Å². The highest BCUT2D eigenvalue weighted by molar-refractivity contribution is 5.99. The summed E-state index contributed by atoms with van der Waals surface area (Å²) >= 11 is 0. The van der Waals surface area contributed by atoms with Crippen LogP contribution in [0.5, 0.6) is 0 Å². The second kappa shape index (κ2) is 9.92. The number of amides is 1. The molecule has 2 aromatic heterocycles. The Bertz CT molecular complexity index is 1310. The molecule has 172 valence electrons. The Kier molecular flexibility index (Phi) is 6.60. The van der Waals surface area contributed by atoms with Crippen LogP contribution < -0.4 is 16.9 Å². The van der Waals surface area contributed by atoms with E-state index in [1.807, 2.05) is 6.07 Å². The maximum absolute atomic E-state index is 12.7. The number of nitrogens with two attached hydrogens (primary N) is 2. The van der Waals surface area contributed by atoms with E-state index in [1.54, 1.807) is 48.8 Å². The molecule has 0 radical (unpaired) electrons. The molecule has 1 amide bonds. The van der Waals surface area contributed by atoms with Gasteiger partial charge in [-0.3, -0.25) is 9.78 Å². The minimum absolute atomic E-state index is 0.0580. The summed E-state index contributed by atoms with van der Waals surface area (Å²) in [4.78, 5) is 20.1. The predicted octanol–water partition coefficient (Wildman–Crippen LogP) is 3.18. The van der Waals surface area contributed by atoms with E-state index in [9.17, 15) is 9.18 Å². The highest BCUT2D eigenvalue weighted by Crippen LogP contribution is 2.29. The molecule has 0 unspecified atom stereocenters. The van der Waals surface area contributed by atoms with Crippen LogP contribution in [0.15, 0.2) is 84.0 Å². The number of hydrogen-bond donors (Lipinski definition) is 3. The first-order valence-corrected chi connectivity index (χ1v) is 10.3. The first-order chi connectivity index (χ1) is 16.4. The van der Waals surface area contributed by atoms with Crippen molar-refractivity contribution in [2.24, 2.45) is 11.6 Å². The molecule has 10 heteroatoms. The first kappa shape index (κ1) is 22.6. The van der Waals surface area contributed by atoms with Gasteiger partial charge in [-0.15, -0.1) is 0 Å². The Labute approximate surface area is 194 Å². The van der Waals surface area contributed by atoms with Crippen LogP contribution in [0.2, 0.25) is 0 Å². The molecule has 0 atom stereocenters. The number of fused-ring (bicyclic) bond motifs is 1. The maximum atomic E-state index is 12.7. The second-order valence-corrected chi connectivity index (χ2v) is 7.40. The molecule has 0 fully saturated rings. The van der Waals surface area contributed by atoms with Gasteiger partial charge in [-0.1, -0.05) is 30.0 Å². The van der Waals surface area contributed by atoms with Crippen molar-refractivity contribution in [1.82, 2.24) is 20.1 Å². The number of benzene rings is 1. The predicted molar refractivity (Wildman–Crippen MR) is 127 cm³/mol. The van der Waals surface area contributed by atoms with Gasteiger partial charge in [0.2, 0.25) is 11.7 Å². The molecule has 1 aliphatic rings. The van der Waals surface area contributed by atoms with Crippen LogP contribution in [0.1, 0.15) is 17.0 Å². The number of pyridine rings is 1. The molecule has 9 nitrogen and oxygen atoms in total. The number of allylic oxidation sites excluding steroid dienone is 4. The van der Waals surface area contributed by atoms with Gasteiger partial charge in [0, 0.05) is 29.2 Å². The molecule has 0 saturated carbocycles. The fraction of sp³-hybridized carbons (Fsp3) is 0.0833. The lowest BCUT2D eigenvalue weighted by Gasteiger charge is -2.22. The van der Waals surface area contributed by atoms with E-state index in [4.69, 9.17) is 16.1 Å². The zero-order chi connectivity index (χ0) is 24.1. The van der Waals surface area contributed by atoms with Crippen molar-refractivity contribution in [3.05, 3.63) is 96.5 Å². The Hall–Kier alpha value is -4.57. The van der Waals surface area contributed by atoms with Crippen molar-refractivity contribution >= 4 is 23.0 Å². The van der Waals surface area contributed by atoms with E-state index in [0.29, 0.717) is 29.1 Å². The van der Waals surface area contributed by atoms with Crippen LogP contribution in [0, 0.1) is 0 Å². The Morgan fingerprint density at radius 1 is 1.26 bits per heavy atom. The number of carbonyl (C=O) groups is 1. The van der Waals surface area contributed by atoms with Gasteiger partial charge in [-0.05, 0) is 42.0 Å². The second-order valence-electron chi connectivity index (χ2n) is 7.40. The molecule has 1 aliphatic heterocycles. The first-order valence-electron chi connectivity index (χ1n) is 10.3. The van der Waals surface area contributed by atoms with Gasteiger partial charge >= 0.3 is 0 Å². The van der Waals surface area contributed by atoms with Crippen molar-refractivity contribution in [1.29, 1.82) is 0 Å². The number of carbonyl (C=O) groups excluding carboxylic acids is 1. The Morgan fingerprint density at radius 3 is 2.82 bits per heavy atom. The summed E-state index contributed by atoms with van der Waals surface area (Å²) in [5.74, 6) is 6.11. The summed E-state index contributed by atoms with van der Waals surface area (Å²) in [6.45, 7) is 3.42. The van der Waals surface area contributed by atoms with Gasteiger partial charge in [0.25, 0.3) is 5.89 Å². The van der Waals surface area contributed by atoms with Gasteiger partial charge in [0.05, 0.1) is 18.7 Å². The lowest BCUT2D eigenvalue weighted by molar-refractivity contribution is -0.115. The largest absolute Gasteiger partial charge is 0.392 e. The van der Waals surface area contributed by atoms with E-state index in [1.165, 1.54) is 17.2 Å². The van der Waals surface area contributed by atoms with Gasteiger partial charge in [0.1, 0.15) is 11.5 Å². The SMILES string of the molecule is C=C(F)/C=C\C=C/CN(N)/C(=C(\N)c1nc(-c2ccc3c(c2)CC(=O)N3)no1)c1ccncc1. The number of rotatable bonds is 8. The molecule has 0 spiro atoms. The Balaban J connectivity index is 1.64. The van der Waals surface area contributed by atoms with Crippen LogP contribution in [-0.2, 0) is 11.2 Å². The number of hydrogen-bond acceptors (Lipinski definition) is 8. The van der Waals surface area contributed by atoms with E-state index in [2.05, 4.69) is 27.0 Å². The molecule has 3 aromatic rings. The molecule has 3 heterocycles. The van der Waals surface area contributed by atoms with Crippen molar-refractivity contribution < 1.29 is 13.7 Å². The Morgan fingerprint density at radius 2 is 2.06 bits per heavy atom.